The maximum Gasteiger partial charge on any atom is 0.0635 e. The van der Waals surface area contributed by atoms with Crippen LogP contribution < -0.4 is 5.32 Å². The Kier molecular flexibility index (Phi) is 4.31. The van der Waals surface area contributed by atoms with Gasteiger partial charge in [0.2, 0.25) is 0 Å². The van der Waals surface area contributed by atoms with Crippen molar-refractivity contribution in [1.29, 1.82) is 0 Å². The van der Waals surface area contributed by atoms with Gasteiger partial charge in [0.25, 0.3) is 0 Å². The molecule has 1 N–H and O–H groups in total. The van der Waals surface area contributed by atoms with Gasteiger partial charge in [-0.1, -0.05) is 42.5 Å². The van der Waals surface area contributed by atoms with Crippen molar-refractivity contribution in [3.05, 3.63) is 48.0 Å². The topological polar surface area (TPSA) is 24.5 Å². The first-order chi connectivity index (χ1) is 9.88. The molecule has 20 heavy (non-hydrogen) atoms. The van der Waals surface area contributed by atoms with Crippen molar-refractivity contribution in [3.63, 3.8) is 0 Å². The Hall–Kier alpha value is -1.42. The minimum Gasteiger partial charge on any atom is -0.378 e. The number of fused-ring (bicyclic) bond motifs is 1. The fourth-order valence-corrected chi connectivity index (χ4v) is 2.97. The van der Waals surface area contributed by atoms with Gasteiger partial charge in [-0.15, -0.1) is 0 Å². The van der Waals surface area contributed by atoms with Gasteiger partial charge < -0.3 is 10.1 Å². The zero-order chi connectivity index (χ0) is 13.8. The van der Waals surface area contributed by atoms with Gasteiger partial charge in [-0.05, 0) is 23.4 Å². The first-order valence-corrected chi connectivity index (χ1v) is 7.31. The molecule has 1 fully saturated rings. The van der Waals surface area contributed by atoms with E-state index in [-0.39, 0.29) is 0 Å². The second-order valence-electron chi connectivity index (χ2n) is 5.40. The van der Waals surface area contributed by atoms with Crippen LogP contribution in [0.5, 0.6) is 0 Å². The van der Waals surface area contributed by atoms with E-state index in [9.17, 15) is 0 Å². The number of morpholine rings is 1. The SMILES string of the molecule is CNCC1COCCN1Cc1cccc2ccccc12. The summed E-state index contributed by atoms with van der Waals surface area (Å²) in [7, 11) is 2.00. The van der Waals surface area contributed by atoms with Crippen LogP contribution in [0.3, 0.4) is 0 Å². The molecule has 1 saturated heterocycles. The number of nitrogens with zero attached hydrogens (tertiary/aromatic N) is 1. The lowest BCUT2D eigenvalue weighted by molar-refractivity contribution is -0.0101. The third kappa shape index (κ3) is 2.85. The smallest absolute Gasteiger partial charge is 0.0635 e. The van der Waals surface area contributed by atoms with Gasteiger partial charge in [0.1, 0.15) is 0 Å². The van der Waals surface area contributed by atoms with E-state index < -0.39 is 0 Å². The van der Waals surface area contributed by atoms with E-state index in [1.165, 1.54) is 16.3 Å². The van der Waals surface area contributed by atoms with E-state index in [1.54, 1.807) is 0 Å². The lowest BCUT2D eigenvalue weighted by Crippen LogP contribution is -2.49. The molecule has 3 heteroatoms. The molecule has 1 unspecified atom stereocenters. The van der Waals surface area contributed by atoms with E-state index in [4.69, 9.17) is 4.74 Å². The summed E-state index contributed by atoms with van der Waals surface area (Å²) < 4.78 is 5.61. The summed E-state index contributed by atoms with van der Waals surface area (Å²) in [5.74, 6) is 0. The Morgan fingerprint density at radius 3 is 2.95 bits per heavy atom. The Bertz CT molecular complexity index is 562. The van der Waals surface area contributed by atoms with Crippen molar-refractivity contribution in [2.45, 2.75) is 12.6 Å². The van der Waals surface area contributed by atoms with Crippen LogP contribution in [-0.4, -0.2) is 44.3 Å². The van der Waals surface area contributed by atoms with Gasteiger partial charge in [0, 0.05) is 25.7 Å². The summed E-state index contributed by atoms with van der Waals surface area (Å²) in [5, 5.41) is 5.96. The average molecular weight is 270 g/mol. The van der Waals surface area contributed by atoms with Crippen LogP contribution in [0.15, 0.2) is 42.5 Å². The van der Waals surface area contributed by atoms with Crippen molar-refractivity contribution in [2.75, 3.05) is 33.4 Å². The molecule has 1 heterocycles. The summed E-state index contributed by atoms with van der Waals surface area (Å²) in [6, 6.07) is 15.7. The Morgan fingerprint density at radius 2 is 2.05 bits per heavy atom. The maximum atomic E-state index is 5.61. The lowest BCUT2D eigenvalue weighted by Gasteiger charge is -2.35. The molecule has 1 atom stereocenters. The first kappa shape index (κ1) is 13.6. The molecule has 0 spiro atoms. The second kappa shape index (κ2) is 6.35. The number of hydrogen-bond donors (Lipinski definition) is 1. The monoisotopic (exact) mass is 270 g/mol. The van der Waals surface area contributed by atoms with Crippen molar-refractivity contribution in [1.82, 2.24) is 10.2 Å². The third-order valence-electron chi connectivity index (χ3n) is 4.04. The van der Waals surface area contributed by atoms with Crippen LogP contribution in [0, 0.1) is 0 Å². The summed E-state index contributed by atoms with van der Waals surface area (Å²) in [6.07, 6.45) is 0. The molecule has 0 aromatic heterocycles. The highest BCUT2D eigenvalue weighted by molar-refractivity contribution is 5.85. The van der Waals surface area contributed by atoms with Crippen molar-refractivity contribution < 1.29 is 4.74 Å². The normalized spacial score (nSPS) is 20.4. The molecule has 0 amide bonds. The van der Waals surface area contributed by atoms with Gasteiger partial charge in [0.05, 0.1) is 13.2 Å². The summed E-state index contributed by atoms with van der Waals surface area (Å²) >= 11 is 0. The molecule has 3 nitrogen and oxygen atoms in total. The number of benzene rings is 2. The van der Waals surface area contributed by atoms with Crippen LogP contribution in [-0.2, 0) is 11.3 Å². The summed E-state index contributed by atoms with van der Waals surface area (Å²) in [4.78, 5) is 2.53. The Morgan fingerprint density at radius 1 is 1.20 bits per heavy atom. The van der Waals surface area contributed by atoms with Gasteiger partial charge in [-0.25, -0.2) is 0 Å². The summed E-state index contributed by atoms with van der Waals surface area (Å²) in [5.41, 5.74) is 1.41. The van der Waals surface area contributed by atoms with E-state index >= 15 is 0 Å². The molecule has 0 bridgehead atoms. The highest BCUT2D eigenvalue weighted by Gasteiger charge is 2.22. The predicted molar refractivity (Wildman–Crippen MR) is 82.9 cm³/mol. The number of nitrogens with one attached hydrogen (secondary N) is 1. The fraction of sp³-hybridized carbons (Fsp3) is 0.412. The van der Waals surface area contributed by atoms with Gasteiger partial charge in [-0.3, -0.25) is 4.90 Å². The molecule has 1 aliphatic heterocycles. The maximum absolute atomic E-state index is 5.61. The van der Waals surface area contributed by atoms with Gasteiger partial charge >= 0.3 is 0 Å². The fourth-order valence-electron chi connectivity index (χ4n) is 2.97. The highest BCUT2D eigenvalue weighted by Crippen LogP contribution is 2.21. The zero-order valence-electron chi connectivity index (χ0n) is 12.0. The lowest BCUT2D eigenvalue weighted by atomic mass is 10.0. The predicted octanol–water partition coefficient (Wildman–Crippen LogP) is 2.26. The van der Waals surface area contributed by atoms with Crippen LogP contribution >= 0.6 is 0 Å². The molecule has 1 aliphatic rings. The van der Waals surface area contributed by atoms with E-state index in [0.717, 1.165) is 32.8 Å². The van der Waals surface area contributed by atoms with E-state index in [0.29, 0.717) is 6.04 Å². The average Bonchev–Trinajstić information content (AvgIpc) is 2.50. The Balaban J connectivity index is 1.84. The van der Waals surface area contributed by atoms with Crippen LogP contribution in [0.4, 0.5) is 0 Å². The first-order valence-electron chi connectivity index (χ1n) is 7.31. The quantitative estimate of drug-likeness (QED) is 0.922. The molecule has 2 aromatic carbocycles. The number of likely N-dealkylation sites (N-methyl/N-ethyl adjacent to an activating group) is 1. The van der Waals surface area contributed by atoms with Crippen molar-refractivity contribution in [2.24, 2.45) is 0 Å². The molecule has 3 rings (SSSR count). The standard InChI is InChI=1S/C17H22N2O/c1-18-11-16-13-20-10-9-19(16)12-15-7-4-6-14-5-2-3-8-17(14)15/h2-8,16,18H,9-13H2,1H3. The van der Waals surface area contributed by atoms with Gasteiger partial charge in [0.15, 0.2) is 0 Å². The van der Waals surface area contributed by atoms with Crippen LogP contribution in [0.25, 0.3) is 10.8 Å². The molecule has 106 valence electrons. The Labute approximate surface area is 120 Å². The zero-order valence-corrected chi connectivity index (χ0v) is 12.0. The van der Waals surface area contributed by atoms with Crippen LogP contribution in [0.2, 0.25) is 0 Å². The minimum atomic E-state index is 0.465. The van der Waals surface area contributed by atoms with E-state index in [1.807, 2.05) is 7.05 Å². The number of rotatable bonds is 4. The van der Waals surface area contributed by atoms with Gasteiger partial charge in [-0.2, -0.15) is 0 Å². The molecule has 0 aliphatic carbocycles. The van der Waals surface area contributed by atoms with Crippen LogP contribution in [0.1, 0.15) is 5.56 Å². The molecule has 0 saturated carbocycles. The van der Waals surface area contributed by atoms with Crippen molar-refractivity contribution in [3.8, 4) is 0 Å². The summed E-state index contributed by atoms with van der Waals surface area (Å²) in [6.45, 7) is 4.65. The number of hydrogen-bond acceptors (Lipinski definition) is 3. The van der Waals surface area contributed by atoms with E-state index in [2.05, 4.69) is 52.7 Å². The largest absolute Gasteiger partial charge is 0.378 e. The van der Waals surface area contributed by atoms with Crippen molar-refractivity contribution >= 4 is 10.8 Å². The second-order valence-corrected chi connectivity index (χ2v) is 5.40. The highest BCUT2D eigenvalue weighted by atomic mass is 16.5. The third-order valence-corrected chi connectivity index (χ3v) is 4.04. The molecular formula is C17H22N2O. The molecule has 2 aromatic rings. The number of ether oxygens (including phenoxy) is 1. The molecule has 0 radical (unpaired) electrons. The minimum absolute atomic E-state index is 0.465. The molecular weight excluding hydrogens is 248 g/mol.